The van der Waals surface area contributed by atoms with Gasteiger partial charge in [-0.05, 0) is 44.9 Å². The molecule has 0 bridgehead atoms. The van der Waals surface area contributed by atoms with E-state index in [4.69, 9.17) is 17.3 Å². The Hall–Kier alpha value is -1.13. The van der Waals surface area contributed by atoms with Gasteiger partial charge >= 0.3 is 0 Å². The average molecular weight is 287 g/mol. The molecule has 3 N–H and O–H groups in total. The van der Waals surface area contributed by atoms with Crippen molar-refractivity contribution in [3.05, 3.63) is 34.6 Å². The first-order chi connectivity index (χ1) is 8.73. The average Bonchev–Trinajstić information content (AvgIpc) is 2.28. The van der Waals surface area contributed by atoms with Crippen LogP contribution in [-0.4, -0.2) is 18.0 Å². The van der Waals surface area contributed by atoms with Gasteiger partial charge < -0.3 is 11.1 Å². The summed E-state index contributed by atoms with van der Waals surface area (Å²) in [5, 5.41) is 2.95. The topological polar surface area (TPSA) is 55.1 Å². The molecule has 0 saturated carbocycles. The van der Waals surface area contributed by atoms with Crippen LogP contribution in [0.3, 0.4) is 0 Å². The highest BCUT2D eigenvalue weighted by Gasteiger charge is 2.22. The molecule has 1 rings (SSSR count). The van der Waals surface area contributed by atoms with Gasteiger partial charge in [-0.25, -0.2) is 4.39 Å². The van der Waals surface area contributed by atoms with E-state index >= 15 is 0 Å². The van der Waals surface area contributed by atoms with E-state index in [1.165, 1.54) is 12.1 Å². The van der Waals surface area contributed by atoms with Gasteiger partial charge in [-0.3, -0.25) is 4.79 Å². The summed E-state index contributed by atoms with van der Waals surface area (Å²) in [5.74, 6) is -0.912. The molecule has 1 unspecified atom stereocenters. The quantitative estimate of drug-likeness (QED) is 0.893. The number of nitrogens with two attached hydrogens (primary N) is 1. The first-order valence-corrected chi connectivity index (χ1v) is 6.57. The van der Waals surface area contributed by atoms with E-state index in [0.717, 1.165) is 5.56 Å². The van der Waals surface area contributed by atoms with Crippen LogP contribution in [0.1, 0.15) is 26.3 Å². The zero-order chi connectivity index (χ0) is 14.6. The van der Waals surface area contributed by atoms with Crippen molar-refractivity contribution >= 4 is 17.5 Å². The molecule has 0 aliphatic rings. The number of nitrogens with one attached hydrogen (secondary N) is 1. The molecule has 0 aliphatic carbocycles. The van der Waals surface area contributed by atoms with Gasteiger partial charge in [0.25, 0.3) is 0 Å². The second-order valence-electron chi connectivity index (χ2n) is 5.62. The van der Waals surface area contributed by atoms with Crippen LogP contribution in [0.25, 0.3) is 0 Å². The van der Waals surface area contributed by atoms with Crippen molar-refractivity contribution in [1.29, 1.82) is 0 Å². The third-order valence-corrected chi connectivity index (χ3v) is 2.91. The van der Waals surface area contributed by atoms with Crippen molar-refractivity contribution < 1.29 is 9.18 Å². The lowest BCUT2D eigenvalue weighted by molar-refractivity contribution is -0.126. The highest BCUT2D eigenvalue weighted by atomic mass is 35.5. The monoisotopic (exact) mass is 286 g/mol. The number of carbonyl (C=O) groups excluding carboxylic acids is 1. The van der Waals surface area contributed by atoms with Crippen LogP contribution in [-0.2, 0) is 11.2 Å². The highest BCUT2D eigenvalue weighted by molar-refractivity contribution is 6.30. The highest BCUT2D eigenvalue weighted by Crippen LogP contribution is 2.18. The van der Waals surface area contributed by atoms with E-state index in [-0.39, 0.29) is 28.9 Å². The third-order valence-electron chi connectivity index (χ3n) is 2.62. The van der Waals surface area contributed by atoms with Gasteiger partial charge in [0, 0.05) is 12.1 Å². The van der Waals surface area contributed by atoms with E-state index in [1.54, 1.807) is 6.07 Å². The molecule has 1 aromatic carbocycles. The maximum Gasteiger partial charge on any atom is 0.225 e. The van der Waals surface area contributed by atoms with Crippen LogP contribution < -0.4 is 11.1 Å². The second kappa shape index (κ2) is 6.35. The molecule has 1 amide bonds. The molecule has 3 nitrogen and oxygen atoms in total. The van der Waals surface area contributed by atoms with Crippen LogP contribution in [0.5, 0.6) is 0 Å². The Morgan fingerprint density at radius 3 is 2.58 bits per heavy atom. The molecular formula is C14H20ClFN2O. The van der Waals surface area contributed by atoms with Gasteiger partial charge in [-0.1, -0.05) is 17.7 Å². The largest absolute Gasteiger partial charge is 0.351 e. The Bertz CT molecular complexity index is 457. The van der Waals surface area contributed by atoms with Gasteiger partial charge in [0.2, 0.25) is 5.91 Å². The van der Waals surface area contributed by atoms with E-state index in [0.29, 0.717) is 6.42 Å². The van der Waals surface area contributed by atoms with E-state index in [9.17, 15) is 9.18 Å². The van der Waals surface area contributed by atoms with Gasteiger partial charge in [0.15, 0.2) is 0 Å². The molecule has 19 heavy (non-hydrogen) atoms. The summed E-state index contributed by atoms with van der Waals surface area (Å²) >= 11 is 5.72. The van der Waals surface area contributed by atoms with E-state index in [2.05, 4.69) is 5.32 Å². The Kier molecular flexibility index (Phi) is 5.32. The Morgan fingerprint density at radius 2 is 2.11 bits per heavy atom. The van der Waals surface area contributed by atoms with E-state index in [1.807, 2.05) is 20.8 Å². The molecule has 0 aromatic heterocycles. The number of hydrogen-bond acceptors (Lipinski definition) is 2. The Labute approximate surface area is 118 Å². The number of hydrogen-bond donors (Lipinski definition) is 2. The SMILES string of the molecule is CC(C)(C)NC(=O)C(CN)Cc1ccc(F)c(Cl)c1. The van der Waals surface area contributed by atoms with Crippen molar-refractivity contribution in [2.24, 2.45) is 11.7 Å². The lowest BCUT2D eigenvalue weighted by Gasteiger charge is -2.24. The zero-order valence-electron chi connectivity index (χ0n) is 11.5. The maximum absolute atomic E-state index is 13.1. The van der Waals surface area contributed by atoms with Crippen LogP contribution in [0.15, 0.2) is 18.2 Å². The fourth-order valence-corrected chi connectivity index (χ4v) is 1.91. The first kappa shape index (κ1) is 15.9. The predicted octanol–water partition coefficient (Wildman–Crippen LogP) is 2.51. The summed E-state index contributed by atoms with van der Waals surface area (Å²) in [6, 6.07) is 4.45. The minimum absolute atomic E-state index is 0.0597. The number of halogens is 2. The fourth-order valence-electron chi connectivity index (χ4n) is 1.71. The molecule has 1 aromatic rings. The standard InChI is InChI=1S/C14H20ClFN2O/c1-14(2,3)18-13(19)10(8-17)6-9-4-5-12(16)11(15)7-9/h4-5,7,10H,6,8,17H2,1-3H3,(H,18,19). The molecule has 5 heteroatoms. The molecule has 0 radical (unpaired) electrons. The summed E-state index contributed by atoms with van der Waals surface area (Å²) in [4.78, 5) is 12.0. The van der Waals surface area contributed by atoms with Crippen LogP contribution in [0.2, 0.25) is 5.02 Å². The van der Waals surface area contributed by atoms with Crippen molar-refractivity contribution in [3.8, 4) is 0 Å². The minimum atomic E-state index is -0.464. The summed E-state index contributed by atoms with van der Waals surface area (Å²) in [5.41, 5.74) is 6.14. The summed E-state index contributed by atoms with van der Waals surface area (Å²) in [6.45, 7) is 5.96. The van der Waals surface area contributed by atoms with Gasteiger partial charge in [-0.15, -0.1) is 0 Å². The van der Waals surface area contributed by atoms with Crippen molar-refractivity contribution in [3.63, 3.8) is 0 Å². The summed E-state index contributed by atoms with van der Waals surface area (Å²) in [6.07, 6.45) is 0.443. The van der Waals surface area contributed by atoms with Gasteiger partial charge in [-0.2, -0.15) is 0 Å². The lowest BCUT2D eigenvalue weighted by atomic mass is 9.97. The smallest absolute Gasteiger partial charge is 0.225 e. The molecule has 0 saturated heterocycles. The number of carbonyl (C=O) groups is 1. The number of amides is 1. The Balaban J connectivity index is 2.76. The van der Waals surface area contributed by atoms with Crippen LogP contribution >= 0.6 is 11.6 Å². The molecule has 106 valence electrons. The van der Waals surface area contributed by atoms with Crippen LogP contribution in [0.4, 0.5) is 4.39 Å². The lowest BCUT2D eigenvalue weighted by Crippen LogP contribution is -2.46. The molecule has 1 atom stereocenters. The van der Waals surface area contributed by atoms with Gasteiger partial charge in [0.05, 0.1) is 10.9 Å². The molecule has 0 spiro atoms. The van der Waals surface area contributed by atoms with Crippen molar-refractivity contribution in [2.45, 2.75) is 32.7 Å². The first-order valence-electron chi connectivity index (χ1n) is 6.19. The van der Waals surface area contributed by atoms with Crippen molar-refractivity contribution in [2.75, 3.05) is 6.54 Å². The molecule has 0 fully saturated rings. The summed E-state index contributed by atoms with van der Waals surface area (Å²) < 4.78 is 13.1. The third kappa shape index (κ3) is 5.17. The number of rotatable bonds is 4. The second-order valence-corrected chi connectivity index (χ2v) is 6.03. The van der Waals surface area contributed by atoms with Crippen molar-refractivity contribution in [1.82, 2.24) is 5.32 Å². The molecule has 0 heterocycles. The summed E-state index contributed by atoms with van der Waals surface area (Å²) in [7, 11) is 0. The maximum atomic E-state index is 13.1. The van der Waals surface area contributed by atoms with E-state index < -0.39 is 5.82 Å². The zero-order valence-corrected chi connectivity index (χ0v) is 12.2. The number of benzene rings is 1. The van der Waals surface area contributed by atoms with Gasteiger partial charge in [0.1, 0.15) is 5.82 Å². The predicted molar refractivity (Wildman–Crippen MR) is 75.6 cm³/mol. The van der Waals surface area contributed by atoms with Crippen LogP contribution in [0, 0.1) is 11.7 Å². The fraction of sp³-hybridized carbons (Fsp3) is 0.500. The minimum Gasteiger partial charge on any atom is -0.351 e. The molecule has 0 aliphatic heterocycles. The normalized spacial score (nSPS) is 13.2. The molecular weight excluding hydrogens is 267 g/mol. The Morgan fingerprint density at radius 1 is 1.47 bits per heavy atom.